The fourth-order valence-corrected chi connectivity index (χ4v) is 2.27. The Morgan fingerprint density at radius 2 is 1.81 bits per heavy atom. The van der Waals surface area contributed by atoms with Gasteiger partial charge in [-0.05, 0) is 56.3 Å². The summed E-state index contributed by atoms with van der Waals surface area (Å²) in [5, 5.41) is 5.06. The van der Waals surface area contributed by atoms with Gasteiger partial charge in [0.15, 0.2) is 0 Å². The number of hydrogen-bond acceptors (Lipinski definition) is 4. The van der Waals surface area contributed by atoms with Crippen LogP contribution in [0.4, 0.5) is 0 Å². The molecule has 0 aliphatic rings. The minimum absolute atomic E-state index is 0.0346. The predicted octanol–water partition coefficient (Wildman–Crippen LogP) is 2.34. The summed E-state index contributed by atoms with van der Waals surface area (Å²) < 4.78 is 28.1. The Morgan fingerprint density at radius 3 is 2.33 bits per heavy atom. The van der Waals surface area contributed by atoms with Crippen molar-refractivity contribution in [3.05, 3.63) is 47.7 Å². The lowest BCUT2D eigenvalue weighted by molar-refractivity contribution is 0.570. The molecule has 0 aliphatic carbocycles. The zero-order valence-corrected chi connectivity index (χ0v) is 12.7. The van der Waals surface area contributed by atoms with Crippen LogP contribution in [0.5, 0.6) is 0 Å². The van der Waals surface area contributed by atoms with E-state index in [0.717, 1.165) is 11.1 Å². The van der Waals surface area contributed by atoms with Gasteiger partial charge in [-0.3, -0.25) is 0 Å². The highest BCUT2D eigenvalue weighted by atomic mass is 32.2. The van der Waals surface area contributed by atoms with Gasteiger partial charge in [-0.25, -0.2) is 13.6 Å². The highest BCUT2D eigenvalue weighted by Crippen LogP contribution is 2.24. The zero-order valence-electron chi connectivity index (χ0n) is 11.9. The molecule has 1 unspecified atom stereocenters. The maximum absolute atomic E-state index is 11.2. The average Bonchev–Trinajstić information content (AvgIpc) is 2.86. The summed E-state index contributed by atoms with van der Waals surface area (Å²) >= 11 is 0. The first-order valence-corrected chi connectivity index (χ1v) is 7.99. The van der Waals surface area contributed by atoms with Crippen molar-refractivity contribution in [1.29, 1.82) is 0 Å². The van der Waals surface area contributed by atoms with E-state index in [1.807, 2.05) is 32.1 Å². The molecule has 0 spiro atoms. The molecule has 1 aromatic carbocycles. The molecule has 0 bridgehead atoms. The molecule has 0 saturated carbocycles. The lowest BCUT2D eigenvalue weighted by atomic mass is 10.1. The van der Waals surface area contributed by atoms with E-state index in [1.165, 1.54) is 12.1 Å². The molecule has 2 rings (SSSR count). The Hall–Kier alpha value is -1.89. The van der Waals surface area contributed by atoms with Crippen LogP contribution in [-0.4, -0.2) is 14.5 Å². The summed E-state index contributed by atoms with van der Waals surface area (Å²) in [7, 11) is -3.68. The minimum atomic E-state index is -3.68. The van der Waals surface area contributed by atoms with Crippen molar-refractivity contribution < 1.29 is 12.8 Å². The van der Waals surface area contributed by atoms with E-state index in [2.05, 4.69) is 0 Å². The lowest BCUT2D eigenvalue weighted by Gasteiger charge is -2.03. The molecule has 2 aromatic rings. The maximum atomic E-state index is 11.2. The molecule has 0 fully saturated rings. The SMILES string of the molecule is C/C(=C\c1ccc(-c2ccc(S(N)(=O)=O)cc2)o1)C(C)N. The van der Waals surface area contributed by atoms with E-state index in [4.69, 9.17) is 15.3 Å². The van der Waals surface area contributed by atoms with Gasteiger partial charge in [-0.15, -0.1) is 0 Å². The first-order valence-electron chi connectivity index (χ1n) is 6.44. The van der Waals surface area contributed by atoms with Gasteiger partial charge in [0, 0.05) is 11.6 Å². The van der Waals surface area contributed by atoms with Gasteiger partial charge < -0.3 is 10.2 Å². The van der Waals surface area contributed by atoms with E-state index in [0.29, 0.717) is 11.5 Å². The predicted molar refractivity (Wildman–Crippen MR) is 82.8 cm³/mol. The summed E-state index contributed by atoms with van der Waals surface area (Å²) in [6.07, 6.45) is 1.88. The van der Waals surface area contributed by atoms with Gasteiger partial charge in [0.1, 0.15) is 11.5 Å². The number of sulfonamides is 1. The molecule has 0 saturated heterocycles. The van der Waals surface area contributed by atoms with Gasteiger partial charge in [0.25, 0.3) is 0 Å². The number of hydrogen-bond donors (Lipinski definition) is 2. The second-order valence-electron chi connectivity index (χ2n) is 4.95. The summed E-state index contributed by atoms with van der Waals surface area (Å²) in [5.41, 5.74) is 7.57. The molecule has 1 heterocycles. The Kier molecular flexibility index (Phi) is 4.32. The van der Waals surface area contributed by atoms with Gasteiger partial charge in [-0.1, -0.05) is 5.57 Å². The topological polar surface area (TPSA) is 99.3 Å². The summed E-state index contributed by atoms with van der Waals surface area (Å²) in [6.45, 7) is 3.84. The van der Waals surface area contributed by atoms with Crippen molar-refractivity contribution in [2.75, 3.05) is 0 Å². The smallest absolute Gasteiger partial charge is 0.238 e. The second-order valence-corrected chi connectivity index (χ2v) is 6.51. The fourth-order valence-electron chi connectivity index (χ4n) is 1.75. The molecule has 112 valence electrons. The van der Waals surface area contributed by atoms with Crippen LogP contribution in [0.15, 0.2) is 51.3 Å². The molecule has 0 aliphatic heterocycles. The van der Waals surface area contributed by atoms with Gasteiger partial charge >= 0.3 is 0 Å². The van der Waals surface area contributed by atoms with Gasteiger partial charge in [0.05, 0.1) is 4.90 Å². The van der Waals surface area contributed by atoms with Crippen molar-refractivity contribution in [2.45, 2.75) is 24.8 Å². The molecule has 21 heavy (non-hydrogen) atoms. The lowest BCUT2D eigenvalue weighted by Crippen LogP contribution is -2.15. The van der Waals surface area contributed by atoms with Crippen molar-refractivity contribution in [3.8, 4) is 11.3 Å². The molecule has 6 heteroatoms. The molecular formula is C15H18N2O3S. The summed E-state index contributed by atoms with van der Waals surface area (Å²) in [6, 6.07) is 9.86. The van der Waals surface area contributed by atoms with Crippen molar-refractivity contribution in [1.82, 2.24) is 0 Å². The summed E-state index contributed by atoms with van der Waals surface area (Å²) in [5.74, 6) is 1.36. The van der Waals surface area contributed by atoms with E-state index in [9.17, 15) is 8.42 Å². The van der Waals surface area contributed by atoms with Crippen LogP contribution in [0.1, 0.15) is 19.6 Å². The highest BCUT2D eigenvalue weighted by molar-refractivity contribution is 7.89. The van der Waals surface area contributed by atoms with Gasteiger partial charge in [0.2, 0.25) is 10.0 Å². The van der Waals surface area contributed by atoms with Crippen LogP contribution in [0.2, 0.25) is 0 Å². The van der Waals surface area contributed by atoms with E-state index < -0.39 is 10.0 Å². The number of rotatable bonds is 4. The van der Waals surface area contributed by atoms with Crippen LogP contribution in [0, 0.1) is 0 Å². The van der Waals surface area contributed by atoms with Gasteiger partial charge in [-0.2, -0.15) is 0 Å². The Labute approximate surface area is 124 Å². The fraction of sp³-hybridized carbons (Fsp3) is 0.200. The zero-order chi connectivity index (χ0) is 15.6. The van der Waals surface area contributed by atoms with E-state index in [1.54, 1.807) is 12.1 Å². The molecular weight excluding hydrogens is 288 g/mol. The van der Waals surface area contributed by atoms with Crippen LogP contribution >= 0.6 is 0 Å². The van der Waals surface area contributed by atoms with Crippen LogP contribution in [0.25, 0.3) is 17.4 Å². The van der Waals surface area contributed by atoms with Crippen LogP contribution < -0.4 is 10.9 Å². The second kappa shape index (κ2) is 5.85. The van der Waals surface area contributed by atoms with Crippen LogP contribution in [-0.2, 0) is 10.0 Å². The molecule has 1 aromatic heterocycles. The third-order valence-corrected chi connectivity index (χ3v) is 4.11. The van der Waals surface area contributed by atoms with Crippen molar-refractivity contribution in [2.24, 2.45) is 10.9 Å². The summed E-state index contributed by atoms with van der Waals surface area (Å²) in [4.78, 5) is 0.0747. The van der Waals surface area contributed by atoms with E-state index >= 15 is 0 Å². The third-order valence-electron chi connectivity index (χ3n) is 3.18. The number of nitrogens with two attached hydrogens (primary N) is 2. The Bertz CT molecular complexity index is 756. The first kappa shape index (κ1) is 15.5. The number of primary sulfonamides is 1. The van der Waals surface area contributed by atoms with E-state index in [-0.39, 0.29) is 10.9 Å². The van der Waals surface area contributed by atoms with Crippen molar-refractivity contribution >= 4 is 16.1 Å². The Balaban J connectivity index is 2.28. The number of benzene rings is 1. The highest BCUT2D eigenvalue weighted by Gasteiger charge is 2.09. The minimum Gasteiger partial charge on any atom is -0.457 e. The third kappa shape index (κ3) is 3.81. The van der Waals surface area contributed by atoms with Crippen LogP contribution in [0.3, 0.4) is 0 Å². The van der Waals surface area contributed by atoms with Crippen molar-refractivity contribution in [3.63, 3.8) is 0 Å². The molecule has 0 amide bonds. The largest absolute Gasteiger partial charge is 0.457 e. The average molecular weight is 306 g/mol. The first-order chi connectivity index (χ1) is 9.77. The normalized spacial score (nSPS) is 14.2. The number of furan rings is 1. The molecule has 5 nitrogen and oxygen atoms in total. The molecule has 1 atom stereocenters. The maximum Gasteiger partial charge on any atom is 0.238 e. The molecule has 0 radical (unpaired) electrons. The molecule has 4 N–H and O–H groups in total. The Morgan fingerprint density at radius 1 is 1.19 bits per heavy atom. The monoisotopic (exact) mass is 306 g/mol. The quantitative estimate of drug-likeness (QED) is 0.905. The standard InChI is InChI=1S/C15H18N2O3S/c1-10(11(2)16)9-13-5-8-15(20-13)12-3-6-14(7-4-12)21(17,18)19/h3-9,11H,16H2,1-2H3,(H2,17,18,19)/b10-9+.